The van der Waals surface area contributed by atoms with Crippen LogP contribution in [0.5, 0.6) is 0 Å². The van der Waals surface area contributed by atoms with Gasteiger partial charge in [-0.05, 0) is 25.3 Å². The summed E-state index contributed by atoms with van der Waals surface area (Å²) in [5, 5.41) is 6.86. The lowest BCUT2D eigenvalue weighted by atomic mass is 10.1. The smallest absolute Gasteiger partial charge is 0.0143 e. The monoisotopic (exact) mass is 254 g/mol. The lowest BCUT2D eigenvalue weighted by Gasteiger charge is -2.12. The summed E-state index contributed by atoms with van der Waals surface area (Å²) in [7, 11) is 0. The molecule has 0 aliphatic carbocycles. The van der Waals surface area contributed by atoms with E-state index in [4.69, 9.17) is 0 Å². The van der Waals surface area contributed by atoms with Crippen LogP contribution < -0.4 is 10.6 Å². The zero-order valence-electron chi connectivity index (χ0n) is 13.0. The molecular formula is C16H34N2. The van der Waals surface area contributed by atoms with Crippen LogP contribution in [0.3, 0.4) is 0 Å². The third kappa shape index (κ3) is 12.0. The van der Waals surface area contributed by atoms with Gasteiger partial charge in [0.05, 0.1) is 0 Å². The second kappa shape index (κ2) is 11.6. The highest BCUT2D eigenvalue weighted by Crippen LogP contribution is 2.06. The zero-order chi connectivity index (χ0) is 13.8. The van der Waals surface area contributed by atoms with Gasteiger partial charge in [0, 0.05) is 18.3 Å². The molecule has 0 atom stereocenters. The van der Waals surface area contributed by atoms with E-state index < -0.39 is 0 Å². The van der Waals surface area contributed by atoms with Crippen molar-refractivity contribution in [2.24, 2.45) is 5.92 Å². The number of nitrogens with one attached hydrogen (secondary N) is 2. The molecule has 2 N–H and O–H groups in total. The summed E-state index contributed by atoms with van der Waals surface area (Å²) in [6.45, 7) is 15.1. The molecule has 0 fully saturated rings. The Balaban J connectivity index is 3.10. The predicted octanol–water partition coefficient (Wildman–Crippen LogP) is 4.08. The van der Waals surface area contributed by atoms with E-state index in [1.165, 1.54) is 50.8 Å². The van der Waals surface area contributed by atoms with Gasteiger partial charge in [0.25, 0.3) is 0 Å². The van der Waals surface area contributed by atoms with Gasteiger partial charge in [-0.1, -0.05) is 60.0 Å². The number of rotatable bonds is 12. The molecule has 0 amide bonds. The van der Waals surface area contributed by atoms with Crippen molar-refractivity contribution in [3.8, 4) is 0 Å². The minimum atomic E-state index is 0.554. The summed E-state index contributed by atoms with van der Waals surface area (Å²) < 4.78 is 0. The molecule has 0 unspecified atom stereocenters. The van der Waals surface area contributed by atoms with Crippen LogP contribution in [0.15, 0.2) is 12.3 Å². The molecule has 0 aromatic heterocycles. The van der Waals surface area contributed by atoms with Crippen molar-refractivity contribution in [1.82, 2.24) is 10.6 Å². The first-order valence-electron chi connectivity index (χ1n) is 7.70. The fourth-order valence-corrected chi connectivity index (χ4v) is 1.80. The molecule has 108 valence electrons. The van der Waals surface area contributed by atoms with Gasteiger partial charge in [-0.25, -0.2) is 0 Å². The molecule has 18 heavy (non-hydrogen) atoms. The maximum atomic E-state index is 4.02. The van der Waals surface area contributed by atoms with Crippen molar-refractivity contribution in [2.45, 2.75) is 72.3 Å². The summed E-state index contributed by atoms with van der Waals surface area (Å²) in [4.78, 5) is 0. The van der Waals surface area contributed by atoms with E-state index in [1.54, 1.807) is 0 Å². The predicted molar refractivity (Wildman–Crippen MR) is 82.8 cm³/mol. The molecule has 0 saturated carbocycles. The topological polar surface area (TPSA) is 24.1 Å². The third-order valence-electron chi connectivity index (χ3n) is 3.21. The largest absolute Gasteiger partial charge is 0.389 e. The van der Waals surface area contributed by atoms with E-state index in [-0.39, 0.29) is 0 Å². The van der Waals surface area contributed by atoms with Crippen molar-refractivity contribution in [3.63, 3.8) is 0 Å². The molecule has 0 aliphatic heterocycles. The van der Waals surface area contributed by atoms with Crippen LogP contribution in [-0.2, 0) is 0 Å². The van der Waals surface area contributed by atoms with Crippen LogP contribution in [-0.4, -0.2) is 19.1 Å². The van der Waals surface area contributed by atoms with Gasteiger partial charge in [-0.2, -0.15) is 0 Å². The average Bonchev–Trinajstić information content (AvgIpc) is 2.30. The van der Waals surface area contributed by atoms with Gasteiger partial charge in [0.1, 0.15) is 0 Å². The first kappa shape index (κ1) is 17.5. The van der Waals surface area contributed by atoms with Crippen molar-refractivity contribution in [1.29, 1.82) is 0 Å². The third-order valence-corrected chi connectivity index (χ3v) is 3.21. The molecule has 0 bridgehead atoms. The summed E-state index contributed by atoms with van der Waals surface area (Å²) >= 11 is 0. The molecule has 0 saturated heterocycles. The average molecular weight is 254 g/mol. The Morgan fingerprint density at radius 1 is 0.833 bits per heavy atom. The van der Waals surface area contributed by atoms with E-state index in [2.05, 4.69) is 44.9 Å². The standard InChI is InChI=1S/C16H34N2/c1-14(2)16(5)18-13-11-9-7-6-8-10-12-17-15(3)4/h14-15,17-18H,5-13H2,1-4H3. The van der Waals surface area contributed by atoms with Crippen LogP contribution in [0.4, 0.5) is 0 Å². The van der Waals surface area contributed by atoms with E-state index in [9.17, 15) is 0 Å². The number of allylic oxidation sites excluding steroid dienone is 1. The fourth-order valence-electron chi connectivity index (χ4n) is 1.80. The van der Waals surface area contributed by atoms with Crippen LogP contribution in [0.25, 0.3) is 0 Å². The Morgan fingerprint density at radius 3 is 1.83 bits per heavy atom. The Morgan fingerprint density at radius 2 is 1.33 bits per heavy atom. The summed E-state index contributed by atoms with van der Waals surface area (Å²) in [5.41, 5.74) is 1.18. The van der Waals surface area contributed by atoms with Gasteiger partial charge in [0.15, 0.2) is 0 Å². The molecule has 0 aromatic rings. The zero-order valence-corrected chi connectivity index (χ0v) is 13.0. The second-order valence-corrected chi connectivity index (χ2v) is 5.84. The minimum absolute atomic E-state index is 0.554. The molecule has 0 aliphatic rings. The first-order valence-corrected chi connectivity index (χ1v) is 7.70. The summed E-state index contributed by atoms with van der Waals surface area (Å²) in [5.74, 6) is 0.554. The SMILES string of the molecule is C=C(NCCCCCCCCNC(C)C)C(C)C. The van der Waals surface area contributed by atoms with Crippen molar-refractivity contribution >= 4 is 0 Å². The summed E-state index contributed by atoms with van der Waals surface area (Å²) in [6.07, 6.45) is 8.06. The molecule has 0 heterocycles. The Hall–Kier alpha value is -0.500. The lowest BCUT2D eigenvalue weighted by Crippen LogP contribution is -2.23. The van der Waals surface area contributed by atoms with E-state index >= 15 is 0 Å². The molecule has 2 heteroatoms. The van der Waals surface area contributed by atoms with Crippen LogP contribution >= 0.6 is 0 Å². The number of hydrogen-bond acceptors (Lipinski definition) is 2. The molecular weight excluding hydrogens is 220 g/mol. The maximum Gasteiger partial charge on any atom is 0.0143 e. The van der Waals surface area contributed by atoms with E-state index in [0.717, 1.165) is 6.54 Å². The highest BCUT2D eigenvalue weighted by molar-refractivity contribution is 4.93. The highest BCUT2D eigenvalue weighted by Gasteiger charge is 1.98. The minimum Gasteiger partial charge on any atom is -0.389 e. The van der Waals surface area contributed by atoms with Crippen LogP contribution in [0.1, 0.15) is 66.2 Å². The molecule has 0 rings (SSSR count). The van der Waals surface area contributed by atoms with Crippen LogP contribution in [0.2, 0.25) is 0 Å². The van der Waals surface area contributed by atoms with Crippen molar-refractivity contribution in [3.05, 3.63) is 12.3 Å². The normalized spacial score (nSPS) is 11.2. The Kier molecular flexibility index (Phi) is 11.3. The summed E-state index contributed by atoms with van der Waals surface area (Å²) in [6, 6.07) is 0.630. The number of unbranched alkanes of at least 4 members (excludes halogenated alkanes) is 5. The Bertz CT molecular complexity index is 197. The highest BCUT2D eigenvalue weighted by atomic mass is 14.9. The van der Waals surface area contributed by atoms with Gasteiger partial charge < -0.3 is 10.6 Å². The quantitative estimate of drug-likeness (QED) is 0.513. The maximum absolute atomic E-state index is 4.02. The van der Waals surface area contributed by atoms with Gasteiger partial charge in [0.2, 0.25) is 0 Å². The fraction of sp³-hybridized carbons (Fsp3) is 0.875. The van der Waals surface area contributed by atoms with Gasteiger partial charge >= 0.3 is 0 Å². The first-order chi connectivity index (χ1) is 8.54. The number of hydrogen-bond donors (Lipinski definition) is 2. The van der Waals surface area contributed by atoms with Gasteiger partial charge in [-0.15, -0.1) is 0 Å². The van der Waals surface area contributed by atoms with Crippen molar-refractivity contribution < 1.29 is 0 Å². The molecule has 2 nitrogen and oxygen atoms in total. The van der Waals surface area contributed by atoms with Gasteiger partial charge in [-0.3, -0.25) is 0 Å². The molecule has 0 radical (unpaired) electrons. The van der Waals surface area contributed by atoms with E-state index in [1.807, 2.05) is 0 Å². The second-order valence-electron chi connectivity index (χ2n) is 5.84. The molecule has 0 aromatic carbocycles. The van der Waals surface area contributed by atoms with Crippen LogP contribution in [0, 0.1) is 5.92 Å². The molecule has 0 spiro atoms. The Labute approximate surface area is 115 Å². The van der Waals surface area contributed by atoms with Crippen molar-refractivity contribution in [2.75, 3.05) is 13.1 Å². The lowest BCUT2D eigenvalue weighted by molar-refractivity contribution is 0.528. The van der Waals surface area contributed by atoms with E-state index in [0.29, 0.717) is 12.0 Å².